The van der Waals surface area contributed by atoms with Crippen LogP contribution in [-0.4, -0.2) is 6.18 Å². The smallest absolute Gasteiger partial charge is 0.316 e. The van der Waals surface area contributed by atoms with Crippen LogP contribution < -0.4 is 5.73 Å². The van der Waals surface area contributed by atoms with E-state index in [9.17, 15) is 30.7 Å². The van der Waals surface area contributed by atoms with Crippen LogP contribution in [-0.2, 0) is 6.18 Å². The van der Waals surface area contributed by atoms with Crippen LogP contribution in [0.15, 0.2) is 18.2 Å². The maximum absolute atomic E-state index is 12.8. The molecule has 0 aliphatic rings. The lowest BCUT2D eigenvalue weighted by molar-refractivity contribution is -0.150. The first-order chi connectivity index (χ1) is 7.51. The van der Waals surface area contributed by atoms with Crippen LogP contribution in [0.25, 0.3) is 0 Å². The largest absolute Gasteiger partial charge is 0.416 e. The number of hydrogen-bond acceptors (Lipinski definition) is 1. The molecule has 0 aromatic heterocycles. The number of alkyl halides is 6. The van der Waals surface area contributed by atoms with Crippen molar-refractivity contribution in [2.24, 2.45) is 5.73 Å². The monoisotopic (exact) mass is 261 g/mol. The van der Waals surface area contributed by atoms with Gasteiger partial charge in [0.15, 0.2) is 0 Å². The van der Waals surface area contributed by atoms with E-state index in [1.54, 1.807) is 0 Å². The molecule has 0 fully saturated rings. The molecule has 0 unspecified atom stereocenters. The minimum atomic E-state index is -4.93. The van der Waals surface area contributed by atoms with Crippen molar-refractivity contribution in [3.05, 3.63) is 35.1 Å². The Morgan fingerprint density at radius 2 is 1.47 bits per heavy atom. The van der Waals surface area contributed by atoms with Crippen molar-refractivity contribution in [3.8, 4) is 0 Å². The van der Waals surface area contributed by atoms with E-state index in [0.717, 1.165) is 0 Å². The van der Waals surface area contributed by atoms with Gasteiger partial charge in [0.05, 0.1) is 5.56 Å². The van der Waals surface area contributed by atoms with Crippen molar-refractivity contribution in [1.82, 2.24) is 0 Å². The van der Waals surface area contributed by atoms with Crippen LogP contribution >= 0.6 is 0 Å². The first-order valence-electron chi connectivity index (χ1n) is 4.22. The van der Waals surface area contributed by atoms with Crippen molar-refractivity contribution in [1.29, 1.82) is 0 Å². The lowest BCUT2D eigenvalue weighted by Crippen LogP contribution is -2.28. The Balaban J connectivity index is 3.24. The minimum Gasteiger partial charge on any atom is -0.316 e. The van der Waals surface area contributed by atoms with Gasteiger partial charge in [-0.2, -0.15) is 26.3 Å². The first-order valence-corrected chi connectivity index (χ1v) is 4.22. The number of nitrogens with two attached hydrogens (primary N) is 1. The quantitative estimate of drug-likeness (QED) is 0.770. The van der Waals surface area contributed by atoms with Crippen molar-refractivity contribution in [3.63, 3.8) is 0 Å². The third-order valence-corrected chi connectivity index (χ3v) is 1.96. The molecular weight excluding hydrogens is 255 g/mol. The molecule has 0 aliphatic heterocycles. The van der Waals surface area contributed by atoms with Crippen LogP contribution in [0.3, 0.4) is 0 Å². The highest BCUT2D eigenvalue weighted by Crippen LogP contribution is 2.35. The molecule has 0 bridgehead atoms. The minimum absolute atomic E-state index is 0.104. The molecule has 0 heterocycles. The Morgan fingerprint density at radius 1 is 0.941 bits per heavy atom. The lowest BCUT2D eigenvalue weighted by Gasteiger charge is -2.17. The van der Waals surface area contributed by atoms with E-state index in [2.05, 4.69) is 0 Å². The fraction of sp³-hybridized carbons (Fsp3) is 0.333. The fourth-order valence-electron chi connectivity index (χ4n) is 1.14. The van der Waals surface area contributed by atoms with Crippen LogP contribution in [0.2, 0.25) is 0 Å². The predicted molar refractivity (Wildman–Crippen MR) is 44.4 cm³/mol. The summed E-state index contributed by atoms with van der Waals surface area (Å²) >= 11 is 0. The number of benzene rings is 1. The molecule has 0 spiro atoms. The molecule has 8 heteroatoms. The highest BCUT2D eigenvalue weighted by molar-refractivity contribution is 5.29. The molecule has 0 aliphatic carbocycles. The van der Waals surface area contributed by atoms with Crippen LogP contribution in [0, 0.1) is 5.82 Å². The van der Waals surface area contributed by atoms with Gasteiger partial charge in [0.1, 0.15) is 11.9 Å². The van der Waals surface area contributed by atoms with E-state index in [-0.39, 0.29) is 12.1 Å². The predicted octanol–water partition coefficient (Wildman–Crippen LogP) is 3.41. The van der Waals surface area contributed by atoms with E-state index < -0.39 is 35.3 Å². The molecule has 0 saturated heterocycles. The van der Waals surface area contributed by atoms with Crippen LogP contribution in [0.1, 0.15) is 17.2 Å². The second-order valence-electron chi connectivity index (χ2n) is 3.29. The topological polar surface area (TPSA) is 26.0 Å². The van der Waals surface area contributed by atoms with Gasteiger partial charge in [-0.25, -0.2) is 4.39 Å². The summed E-state index contributed by atoms with van der Waals surface area (Å²) in [6.07, 6.45) is -9.86. The second kappa shape index (κ2) is 4.17. The summed E-state index contributed by atoms with van der Waals surface area (Å²) in [5.74, 6) is -1.42. The van der Waals surface area contributed by atoms with Gasteiger partial charge in [-0.05, 0) is 23.8 Å². The Kier molecular flexibility index (Phi) is 3.37. The van der Waals surface area contributed by atoms with Crippen molar-refractivity contribution < 1.29 is 30.7 Å². The lowest BCUT2D eigenvalue weighted by atomic mass is 10.0. The molecule has 1 nitrogen and oxygen atoms in total. The van der Waals surface area contributed by atoms with E-state index in [1.165, 1.54) is 0 Å². The van der Waals surface area contributed by atoms with Crippen LogP contribution in [0.4, 0.5) is 30.7 Å². The third-order valence-electron chi connectivity index (χ3n) is 1.96. The number of rotatable bonds is 1. The molecule has 2 N–H and O–H groups in total. The highest BCUT2D eigenvalue weighted by atomic mass is 19.4. The van der Waals surface area contributed by atoms with E-state index in [1.807, 2.05) is 0 Å². The average molecular weight is 261 g/mol. The molecule has 0 radical (unpaired) electrons. The van der Waals surface area contributed by atoms with Gasteiger partial charge in [0.25, 0.3) is 0 Å². The summed E-state index contributed by atoms with van der Waals surface area (Å²) in [5.41, 5.74) is 2.22. The third kappa shape index (κ3) is 3.32. The Labute approximate surface area is 91.0 Å². The Morgan fingerprint density at radius 3 is 1.88 bits per heavy atom. The molecule has 0 saturated carbocycles. The SMILES string of the molecule is N[C@H](c1cc(F)cc(C(F)(F)F)c1)C(F)(F)F. The Bertz CT molecular complexity index is 407. The summed E-state index contributed by atoms with van der Waals surface area (Å²) in [7, 11) is 0. The molecule has 1 atom stereocenters. The maximum atomic E-state index is 12.8. The molecule has 0 amide bonds. The average Bonchev–Trinajstić information content (AvgIpc) is 2.12. The van der Waals surface area contributed by atoms with Gasteiger partial charge in [-0.3, -0.25) is 0 Å². The summed E-state index contributed by atoms with van der Waals surface area (Å²) in [5, 5.41) is 0. The van der Waals surface area contributed by atoms with Gasteiger partial charge < -0.3 is 5.73 Å². The molecule has 1 aromatic rings. The summed E-state index contributed by atoms with van der Waals surface area (Å²) in [6, 6.07) is -2.04. The summed E-state index contributed by atoms with van der Waals surface area (Å²) in [4.78, 5) is 0. The van der Waals surface area contributed by atoms with Gasteiger partial charge in [-0.1, -0.05) is 0 Å². The van der Waals surface area contributed by atoms with Crippen molar-refractivity contribution in [2.75, 3.05) is 0 Å². The standard InChI is InChI=1S/C9H6F7N/c10-6-2-4(7(17)9(14,15)16)1-5(3-6)8(11,12)13/h1-3,7H,17H2/t7-/m1/s1. The van der Waals surface area contributed by atoms with Crippen LogP contribution in [0.5, 0.6) is 0 Å². The second-order valence-corrected chi connectivity index (χ2v) is 3.29. The molecule has 1 aromatic carbocycles. The van der Waals surface area contributed by atoms with Gasteiger partial charge in [-0.15, -0.1) is 0 Å². The fourth-order valence-corrected chi connectivity index (χ4v) is 1.14. The number of hydrogen-bond donors (Lipinski definition) is 1. The van der Waals surface area contributed by atoms with E-state index in [4.69, 9.17) is 5.73 Å². The van der Waals surface area contributed by atoms with E-state index >= 15 is 0 Å². The Hall–Kier alpha value is -1.31. The number of halogens is 7. The van der Waals surface area contributed by atoms with E-state index in [0.29, 0.717) is 6.07 Å². The van der Waals surface area contributed by atoms with Gasteiger partial charge >= 0.3 is 12.4 Å². The van der Waals surface area contributed by atoms with Gasteiger partial charge in [0, 0.05) is 0 Å². The summed E-state index contributed by atoms with van der Waals surface area (Å²) in [6.45, 7) is 0. The van der Waals surface area contributed by atoms with Gasteiger partial charge in [0.2, 0.25) is 0 Å². The van der Waals surface area contributed by atoms with Crippen molar-refractivity contribution >= 4 is 0 Å². The zero-order chi connectivity index (χ0) is 13.4. The highest BCUT2D eigenvalue weighted by Gasteiger charge is 2.39. The summed E-state index contributed by atoms with van der Waals surface area (Å²) < 4.78 is 85.9. The first kappa shape index (κ1) is 13.8. The molecule has 17 heavy (non-hydrogen) atoms. The van der Waals surface area contributed by atoms with Crippen molar-refractivity contribution in [2.45, 2.75) is 18.4 Å². The molecule has 1 rings (SSSR count). The maximum Gasteiger partial charge on any atom is 0.416 e. The molecular formula is C9H6F7N. The molecule has 96 valence electrons. The normalized spacial score (nSPS) is 14.8. The zero-order valence-corrected chi connectivity index (χ0v) is 8.03. The zero-order valence-electron chi connectivity index (χ0n) is 8.03.